The van der Waals surface area contributed by atoms with Crippen LogP contribution in [0.4, 0.5) is 0 Å². The molecule has 0 radical (unpaired) electrons. The van der Waals surface area contributed by atoms with Crippen molar-refractivity contribution in [2.24, 2.45) is 0 Å². The van der Waals surface area contributed by atoms with E-state index >= 15 is 0 Å². The van der Waals surface area contributed by atoms with Crippen molar-refractivity contribution in [1.82, 2.24) is 24.5 Å². The van der Waals surface area contributed by atoms with Gasteiger partial charge in [0.2, 0.25) is 0 Å². The summed E-state index contributed by atoms with van der Waals surface area (Å²) in [7, 11) is 0. The first-order chi connectivity index (χ1) is 12.1. The Morgan fingerprint density at radius 2 is 1.88 bits per heavy atom. The molecule has 0 amide bonds. The van der Waals surface area contributed by atoms with Crippen molar-refractivity contribution in [2.75, 3.05) is 0 Å². The van der Waals surface area contributed by atoms with Gasteiger partial charge in [-0.05, 0) is 34.6 Å². The highest BCUT2D eigenvalue weighted by Crippen LogP contribution is 2.28. The van der Waals surface area contributed by atoms with Gasteiger partial charge in [0, 0.05) is 5.56 Å². The van der Waals surface area contributed by atoms with Crippen molar-refractivity contribution in [3.8, 4) is 5.00 Å². The highest BCUT2D eigenvalue weighted by atomic mass is 32.1. The first-order valence-electron chi connectivity index (χ1n) is 7.97. The molecule has 0 aliphatic carbocycles. The molecule has 0 bridgehead atoms. The molecule has 0 aromatic carbocycles. The van der Waals surface area contributed by atoms with Crippen molar-refractivity contribution in [3.05, 3.63) is 38.8 Å². The monoisotopic (exact) mass is 377 g/mol. The Hall–Kier alpha value is -2.75. The van der Waals surface area contributed by atoms with Gasteiger partial charge in [-0.3, -0.25) is 9.78 Å². The highest BCUT2D eigenvalue weighted by molar-refractivity contribution is 7.21. The predicted octanol–water partition coefficient (Wildman–Crippen LogP) is 1.54. The summed E-state index contributed by atoms with van der Waals surface area (Å²) in [6, 6.07) is -1.06. The molecule has 10 heteroatoms. The number of carbonyl (C=O) groups is 1. The number of thiophene rings is 1. The average Bonchev–Trinajstić information content (AvgIpc) is 3.13. The van der Waals surface area contributed by atoms with Crippen LogP contribution in [-0.4, -0.2) is 36.1 Å². The molecule has 1 unspecified atom stereocenters. The minimum Gasteiger partial charge on any atom is -0.458 e. The van der Waals surface area contributed by atoms with Gasteiger partial charge in [-0.15, -0.1) is 4.80 Å². The Morgan fingerprint density at radius 3 is 2.46 bits per heavy atom. The summed E-state index contributed by atoms with van der Waals surface area (Å²) < 4.78 is 6.18. The number of rotatable bonds is 3. The zero-order chi connectivity index (χ0) is 19.2. The van der Waals surface area contributed by atoms with Crippen LogP contribution >= 0.6 is 11.3 Å². The van der Waals surface area contributed by atoms with Gasteiger partial charge in [-0.25, -0.2) is 14.2 Å². The number of aryl methyl sites for hydroxylation is 1. The van der Waals surface area contributed by atoms with Crippen LogP contribution in [0.3, 0.4) is 0 Å². The molecule has 0 aliphatic heterocycles. The minimum atomic E-state index is -1.06. The fraction of sp³-hybridized carbons (Fsp3) is 0.438. The summed E-state index contributed by atoms with van der Waals surface area (Å²) >= 11 is 1.20. The number of nitrogens with zero attached hydrogens (tertiary/aromatic N) is 4. The Bertz CT molecular complexity index is 1080. The van der Waals surface area contributed by atoms with E-state index in [4.69, 9.17) is 4.74 Å². The minimum absolute atomic E-state index is 0.331. The maximum Gasteiger partial charge on any atom is 0.330 e. The predicted molar refractivity (Wildman–Crippen MR) is 96.9 cm³/mol. The second-order valence-electron chi connectivity index (χ2n) is 6.87. The quantitative estimate of drug-likeness (QED) is 0.693. The fourth-order valence-electron chi connectivity index (χ4n) is 2.57. The molecule has 3 rings (SSSR count). The second kappa shape index (κ2) is 6.20. The number of ether oxygens (including phenoxy) is 1. The third-order valence-corrected chi connectivity index (χ3v) is 4.90. The van der Waals surface area contributed by atoms with Crippen molar-refractivity contribution >= 4 is 27.5 Å². The van der Waals surface area contributed by atoms with Gasteiger partial charge in [0.15, 0.2) is 0 Å². The molecule has 0 fully saturated rings. The number of nitrogens with one attached hydrogen (secondary N) is 1. The summed E-state index contributed by atoms with van der Waals surface area (Å²) in [6.07, 6.45) is 3.05. The van der Waals surface area contributed by atoms with Crippen LogP contribution in [0.5, 0.6) is 0 Å². The first-order valence-corrected chi connectivity index (χ1v) is 8.79. The molecule has 3 aromatic rings. The van der Waals surface area contributed by atoms with Crippen LogP contribution in [0.1, 0.15) is 39.3 Å². The number of esters is 1. The molecule has 3 heterocycles. The van der Waals surface area contributed by atoms with Crippen molar-refractivity contribution in [2.45, 2.75) is 46.3 Å². The molecule has 0 aliphatic rings. The molecule has 0 spiro atoms. The largest absolute Gasteiger partial charge is 0.458 e. The Labute approximate surface area is 152 Å². The molecule has 1 N–H and O–H groups in total. The lowest BCUT2D eigenvalue weighted by molar-refractivity contribution is -0.158. The van der Waals surface area contributed by atoms with Gasteiger partial charge >= 0.3 is 11.7 Å². The second-order valence-corrected chi connectivity index (χ2v) is 7.87. The standard InChI is InChI=1S/C16H19N5O4S/c1-8-10-11(26-13(8)21-17-6-7-18-21)19-15(24)20(12(10)22)9(2)14(23)25-16(3,4)5/h6-7,9H,1-5H3,(H,19,24). The number of fused-ring (bicyclic) bond motifs is 1. The number of aromatic amines is 1. The van der Waals surface area contributed by atoms with Gasteiger partial charge in [0.25, 0.3) is 5.56 Å². The third-order valence-electron chi connectivity index (χ3n) is 3.73. The number of H-pyrrole nitrogens is 1. The molecule has 0 saturated carbocycles. The van der Waals surface area contributed by atoms with Crippen molar-refractivity contribution in [1.29, 1.82) is 0 Å². The van der Waals surface area contributed by atoms with Crippen LogP contribution in [0, 0.1) is 6.92 Å². The summed E-state index contributed by atoms with van der Waals surface area (Å²) in [4.78, 5) is 42.2. The van der Waals surface area contributed by atoms with E-state index in [1.165, 1.54) is 35.5 Å². The zero-order valence-corrected chi connectivity index (χ0v) is 15.9. The maximum atomic E-state index is 13.0. The summed E-state index contributed by atoms with van der Waals surface area (Å²) in [5.74, 6) is -0.647. The lowest BCUT2D eigenvalue weighted by Gasteiger charge is -2.22. The van der Waals surface area contributed by atoms with Crippen molar-refractivity contribution in [3.63, 3.8) is 0 Å². The lowest BCUT2D eigenvalue weighted by atomic mass is 10.2. The fourth-order valence-corrected chi connectivity index (χ4v) is 3.68. The van der Waals surface area contributed by atoms with Crippen LogP contribution < -0.4 is 11.2 Å². The number of hydrogen-bond acceptors (Lipinski definition) is 7. The van der Waals surface area contributed by atoms with E-state index in [1.54, 1.807) is 27.7 Å². The van der Waals surface area contributed by atoms with Crippen molar-refractivity contribution < 1.29 is 9.53 Å². The summed E-state index contributed by atoms with van der Waals surface area (Å²) in [5, 5.41) is 9.08. The van der Waals surface area contributed by atoms with E-state index in [-0.39, 0.29) is 0 Å². The van der Waals surface area contributed by atoms with Gasteiger partial charge in [-0.2, -0.15) is 10.2 Å². The van der Waals surface area contributed by atoms with Gasteiger partial charge in [0.05, 0.1) is 17.8 Å². The Morgan fingerprint density at radius 1 is 1.27 bits per heavy atom. The molecular weight excluding hydrogens is 358 g/mol. The van der Waals surface area contributed by atoms with Gasteiger partial charge in [-0.1, -0.05) is 11.3 Å². The molecule has 0 saturated heterocycles. The molecular formula is C16H19N5O4S. The summed E-state index contributed by atoms with van der Waals surface area (Å²) in [5.41, 5.74) is -1.30. The maximum absolute atomic E-state index is 13.0. The third kappa shape index (κ3) is 3.07. The number of aromatic nitrogens is 5. The number of carbonyl (C=O) groups excluding carboxylic acids is 1. The van der Waals surface area contributed by atoms with Gasteiger partial charge < -0.3 is 4.74 Å². The van der Waals surface area contributed by atoms with E-state index in [9.17, 15) is 14.4 Å². The van der Waals surface area contributed by atoms with E-state index in [0.717, 1.165) is 4.57 Å². The van der Waals surface area contributed by atoms with E-state index in [1.807, 2.05) is 0 Å². The van der Waals surface area contributed by atoms with Crippen LogP contribution in [0.15, 0.2) is 22.0 Å². The van der Waals surface area contributed by atoms with Gasteiger partial charge in [0.1, 0.15) is 21.5 Å². The zero-order valence-electron chi connectivity index (χ0n) is 15.1. The topological polar surface area (TPSA) is 112 Å². The molecule has 3 aromatic heterocycles. The number of hydrogen-bond donors (Lipinski definition) is 1. The van der Waals surface area contributed by atoms with Crippen LogP contribution in [0.2, 0.25) is 0 Å². The average molecular weight is 377 g/mol. The van der Waals surface area contributed by atoms with E-state index in [0.29, 0.717) is 20.8 Å². The molecule has 9 nitrogen and oxygen atoms in total. The Balaban J connectivity index is 2.16. The van der Waals surface area contributed by atoms with Crippen LogP contribution in [0.25, 0.3) is 15.2 Å². The highest BCUT2D eigenvalue weighted by Gasteiger charge is 2.27. The molecule has 138 valence electrons. The first kappa shape index (κ1) is 18.1. The smallest absolute Gasteiger partial charge is 0.330 e. The SMILES string of the molecule is Cc1c(-n2nccn2)sc2[nH]c(=O)n(C(C)C(=O)OC(C)(C)C)c(=O)c12. The van der Waals surface area contributed by atoms with Crippen LogP contribution in [-0.2, 0) is 9.53 Å². The Kier molecular flexibility index (Phi) is 4.31. The molecule has 26 heavy (non-hydrogen) atoms. The lowest BCUT2D eigenvalue weighted by Crippen LogP contribution is -2.41. The summed E-state index contributed by atoms with van der Waals surface area (Å²) in [6.45, 7) is 8.38. The van der Waals surface area contributed by atoms with E-state index < -0.39 is 28.9 Å². The molecule has 1 atom stereocenters. The normalized spacial score (nSPS) is 13.1. The van der Waals surface area contributed by atoms with E-state index in [2.05, 4.69) is 15.2 Å².